The number of hydrogen-bond acceptors (Lipinski definition) is 6. The van der Waals surface area contributed by atoms with Gasteiger partial charge in [-0.1, -0.05) is 31.3 Å². The Morgan fingerprint density at radius 3 is 1.59 bits per heavy atom. The minimum absolute atomic E-state index is 0.0974. The average Bonchev–Trinajstić information content (AvgIpc) is 2.74. The molecule has 11 heteroatoms. The van der Waals surface area contributed by atoms with E-state index in [4.69, 9.17) is 11.6 Å². The van der Waals surface area contributed by atoms with Crippen LogP contribution < -0.4 is 10.6 Å². The molecule has 0 saturated carbocycles. The maximum atomic E-state index is 11.8. The fourth-order valence-electron chi connectivity index (χ4n) is 2.33. The van der Waals surface area contributed by atoms with E-state index in [0.717, 1.165) is 10.8 Å². The number of rotatable bonds is 8. The summed E-state index contributed by atoms with van der Waals surface area (Å²) >= 11 is 5.88. The van der Waals surface area contributed by atoms with Crippen molar-refractivity contribution in [2.45, 2.75) is 16.7 Å². The average molecular weight is 493 g/mol. The predicted octanol–water partition coefficient (Wildman–Crippen LogP) is 4.53. The fraction of sp³-hybridized carbons (Fsp3) is 0.0476. The number of anilines is 2. The van der Waals surface area contributed by atoms with Crippen molar-refractivity contribution < 1.29 is 16.8 Å². The van der Waals surface area contributed by atoms with Crippen molar-refractivity contribution in [2.75, 3.05) is 10.6 Å². The quantitative estimate of drug-likeness (QED) is 0.413. The number of benzene rings is 2. The van der Waals surface area contributed by atoms with Gasteiger partial charge < -0.3 is 10.6 Å². The lowest BCUT2D eigenvalue weighted by Gasteiger charge is -2.10. The van der Waals surface area contributed by atoms with Crippen LogP contribution in [0.15, 0.2) is 105 Å². The van der Waals surface area contributed by atoms with Crippen LogP contribution in [0.1, 0.15) is 6.92 Å². The van der Waals surface area contributed by atoms with Gasteiger partial charge in [-0.2, -0.15) is 4.99 Å². The largest absolute Gasteiger partial charge is 0.341 e. The summed E-state index contributed by atoms with van der Waals surface area (Å²) in [7, 11) is -7.06. The van der Waals surface area contributed by atoms with E-state index in [0.29, 0.717) is 11.4 Å². The van der Waals surface area contributed by atoms with Gasteiger partial charge in [-0.3, -0.25) is 0 Å². The molecular formula is C21H21ClN4O4S2. The van der Waals surface area contributed by atoms with E-state index in [-0.39, 0.29) is 26.7 Å². The molecule has 0 aliphatic carbocycles. The minimum Gasteiger partial charge on any atom is -0.341 e. The molecule has 2 rings (SSSR count). The van der Waals surface area contributed by atoms with E-state index in [1.54, 1.807) is 31.2 Å². The second-order valence-electron chi connectivity index (χ2n) is 6.21. The number of guanidine groups is 1. The number of nitrogens with zero attached hydrogens (tertiary/aromatic N) is 2. The smallest absolute Gasteiger partial charge is 0.230 e. The van der Waals surface area contributed by atoms with Gasteiger partial charge in [-0.05, 0) is 55.5 Å². The highest BCUT2D eigenvalue weighted by Crippen LogP contribution is 2.18. The maximum Gasteiger partial charge on any atom is 0.230 e. The lowest BCUT2D eigenvalue weighted by atomic mass is 10.3. The summed E-state index contributed by atoms with van der Waals surface area (Å²) in [5.74, 6) is 0.291. The molecule has 0 aliphatic heterocycles. The van der Waals surface area contributed by atoms with Crippen LogP contribution in [0.2, 0.25) is 0 Å². The molecule has 0 aliphatic rings. The van der Waals surface area contributed by atoms with Crippen LogP contribution >= 0.6 is 11.6 Å². The first-order chi connectivity index (χ1) is 15.0. The van der Waals surface area contributed by atoms with Gasteiger partial charge in [0.15, 0.2) is 19.7 Å². The molecule has 0 atom stereocenters. The van der Waals surface area contributed by atoms with Gasteiger partial charge in [0.1, 0.15) is 11.0 Å². The first-order valence-electron chi connectivity index (χ1n) is 8.94. The molecule has 8 nitrogen and oxygen atoms in total. The van der Waals surface area contributed by atoms with Crippen molar-refractivity contribution in [3.8, 4) is 0 Å². The lowest BCUT2D eigenvalue weighted by molar-refractivity contribution is 0.603. The van der Waals surface area contributed by atoms with Gasteiger partial charge in [0.2, 0.25) is 5.96 Å². The molecular weight excluding hydrogens is 472 g/mol. The third kappa shape index (κ3) is 6.91. The molecule has 32 heavy (non-hydrogen) atoms. The van der Waals surface area contributed by atoms with Gasteiger partial charge in [-0.15, -0.1) is 0 Å². The van der Waals surface area contributed by atoms with Gasteiger partial charge in [-0.25, -0.2) is 21.8 Å². The predicted molar refractivity (Wildman–Crippen MR) is 130 cm³/mol. The van der Waals surface area contributed by atoms with Crippen LogP contribution in [-0.4, -0.2) is 28.0 Å². The highest BCUT2D eigenvalue weighted by molar-refractivity contribution is 7.94. The Balaban J connectivity index is 2.21. The molecule has 2 N–H and O–H groups in total. The normalized spacial score (nSPS) is 12.7. The Bertz CT molecular complexity index is 1290. The van der Waals surface area contributed by atoms with Gasteiger partial charge >= 0.3 is 0 Å². The Morgan fingerprint density at radius 2 is 1.22 bits per heavy atom. The van der Waals surface area contributed by atoms with Crippen LogP contribution in [0.5, 0.6) is 0 Å². The SMILES string of the molecule is C=CS(=O)(=O)c1ccc(NC(=C)/N=C(\N=C(/C)Cl)Nc2ccc(S(=O)(=O)C=C)cc2)cc1. The summed E-state index contributed by atoms with van der Waals surface area (Å²) in [6.07, 6.45) is 0. The van der Waals surface area contributed by atoms with Crippen molar-refractivity contribution in [3.05, 3.63) is 84.9 Å². The zero-order valence-corrected chi connectivity index (χ0v) is 19.5. The van der Waals surface area contributed by atoms with Crippen LogP contribution in [0.3, 0.4) is 0 Å². The Morgan fingerprint density at radius 1 is 0.812 bits per heavy atom. The highest BCUT2D eigenvalue weighted by atomic mass is 35.5. The molecule has 168 valence electrons. The third-order valence-corrected chi connectivity index (χ3v) is 6.67. The number of halogens is 1. The van der Waals surface area contributed by atoms with Gasteiger partial charge in [0.25, 0.3) is 0 Å². The molecule has 0 spiro atoms. The first kappa shape index (κ1) is 25.1. The second kappa shape index (κ2) is 10.4. The van der Waals surface area contributed by atoms with Gasteiger partial charge in [0.05, 0.1) is 9.79 Å². The van der Waals surface area contributed by atoms with Crippen molar-refractivity contribution in [1.29, 1.82) is 0 Å². The molecule has 0 aromatic heterocycles. The number of sulfone groups is 2. The molecule has 0 unspecified atom stereocenters. The standard InChI is InChI=1S/C21H21ClN4O4S2/c1-5-31(27,28)19-11-7-17(8-12-19)24-16(4)25-21(23-15(3)22)26-18-9-13-20(14-10-18)32(29,30)6-2/h5-14,24H,1-2,4H2,3H3,(H,25,26)/b23-15+. The summed E-state index contributed by atoms with van der Waals surface area (Å²) in [5.41, 5.74) is 1.06. The molecule has 0 amide bonds. The molecule has 0 saturated heterocycles. The molecule has 2 aromatic carbocycles. The van der Waals surface area contributed by atoms with E-state index in [1.165, 1.54) is 24.3 Å². The van der Waals surface area contributed by atoms with Crippen molar-refractivity contribution in [2.24, 2.45) is 9.98 Å². The van der Waals surface area contributed by atoms with E-state index in [1.807, 2.05) is 0 Å². The maximum absolute atomic E-state index is 11.8. The van der Waals surface area contributed by atoms with Gasteiger partial charge in [0, 0.05) is 22.2 Å². The van der Waals surface area contributed by atoms with Crippen LogP contribution in [-0.2, 0) is 19.7 Å². The lowest BCUT2D eigenvalue weighted by Crippen LogP contribution is -2.12. The van der Waals surface area contributed by atoms with Crippen LogP contribution in [0, 0.1) is 0 Å². The molecule has 0 heterocycles. The van der Waals surface area contributed by atoms with Crippen molar-refractivity contribution in [3.63, 3.8) is 0 Å². The molecule has 0 bridgehead atoms. The molecule has 0 radical (unpaired) electrons. The fourth-order valence-corrected chi connectivity index (χ4v) is 3.82. The van der Waals surface area contributed by atoms with Crippen molar-refractivity contribution >= 4 is 53.8 Å². The van der Waals surface area contributed by atoms with E-state index in [9.17, 15) is 16.8 Å². The number of nitrogens with one attached hydrogen (secondary N) is 2. The minimum atomic E-state index is -3.54. The zero-order chi connectivity index (χ0) is 23.9. The Kier molecular flexibility index (Phi) is 8.14. The molecule has 0 fully saturated rings. The molecule has 2 aromatic rings. The van der Waals surface area contributed by atoms with Crippen LogP contribution in [0.4, 0.5) is 11.4 Å². The third-order valence-electron chi connectivity index (χ3n) is 3.85. The topological polar surface area (TPSA) is 117 Å². The highest BCUT2D eigenvalue weighted by Gasteiger charge is 2.10. The zero-order valence-electron chi connectivity index (χ0n) is 17.1. The summed E-state index contributed by atoms with van der Waals surface area (Å²) in [5, 5.41) is 7.80. The summed E-state index contributed by atoms with van der Waals surface area (Å²) in [4.78, 5) is 8.54. The Hall–Kier alpha value is -3.21. The second-order valence-corrected chi connectivity index (χ2v) is 10.5. The van der Waals surface area contributed by atoms with E-state index >= 15 is 0 Å². The summed E-state index contributed by atoms with van der Waals surface area (Å²) in [6, 6.07) is 11.9. The number of aliphatic imine (C=N–C) groups is 2. The number of hydrogen-bond donors (Lipinski definition) is 2. The monoisotopic (exact) mass is 492 g/mol. The van der Waals surface area contributed by atoms with E-state index in [2.05, 4.69) is 40.4 Å². The van der Waals surface area contributed by atoms with Crippen LogP contribution in [0.25, 0.3) is 0 Å². The van der Waals surface area contributed by atoms with Crippen molar-refractivity contribution in [1.82, 2.24) is 0 Å². The summed E-state index contributed by atoms with van der Waals surface area (Å²) < 4.78 is 47.3. The van der Waals surface area contributed by atoms with E-state index < -0.39 is 19.7 Å². The first-order valence-corrected chi connectivity index (χ1v) is 12.4. The summed E-state index contributed by atoms with van der Waals surface area (Å²) in [6.45, 7) is 12.0. The Labute approximate surface area is 192 Å².